The molecule has 0 bridgehead atoms. The van der Waals surface area contributed by atoms with Gasteiger partial charge in [-0.15, -0.1) is 0 Å². The highest BCUT2D eigenvalue weighted by Crippen LogP contribution is 2.62. The lowest BCUT2D eigenvalue weighted by molar-refractivity contribution is 0.417. The Kier molecular flexibility index (Phi) is 3.30. The Labute approximate surface area is 126 Å². The first-order chi connectivity index (χ1) is 10.3. The Bertz CT molecular complexity index is 634. The van der Waals surface area contributed by atoms with Gasteiger partial charge in [-0.05, 0) is 43.2 Å². The largest absolute Gasteiger partial charge is 0.461 e. The van der Waals surface area contributed by atoms with E-state index in [0.717, 1.165) is 36.3 Å². The van der Waals surface area contributed by atoms with Crippen LogP contribution in [0.5, 0.6) is 0 Å². The second-order valence-electron chi connectivity index (χ2n) is 6.66. The Morgan fingerprint density at radius 1 is 1.19 bits per heavy atom. The van der Waals surface area contributed by atoms with Crippen molar-refractivity contribution in [3.63, 3.8) is 0 Å². The minimum atomic E-state index is 0.490. The molecule has 2 aromatic rings. The summed E-state index contributed by atoms with van der Waals surface area (Å²) in [5.41, 5.74) is 2.51. The van der Waals surface area contributed by atoms with E-state index in [2.05, 4.69) is 43.4 Å². The van der Waals surface area contributed by atoms with Crippen molar-refractivity contribution in [2.24, 2.45) is 17.8 Å². The molecule has 1 aromatic heterocycles. The van der Waals surface area contributed by atoms with Crippen LogP contribution in [0.15, 0.2) is 28.7 Å². The van der Waals surface area contributed by atoms with Gasteiger partial charge in [-0.3, -0.25) is 0 Å². The first-order valence-corrected chi connectivity index (χ1v) is 8.58. The number of rotatable bonds is 5. The van der Waals surface area contributed by atoms with Crippen molar-refractivity contribution in [2.75, 3.05) is 6.54 Å². The highest BCUT2D eigenvalue weighted by molar-refractivity contribution is 5.83. The topological polar surface area (TPSA) is 25.2 Å². The standard InChI is InChI=1S/C19H25NO/c1-3-15-18(14-8-5-6-11-16(14)21-15)19(20-4-2)17-12-9-7-10-13(12)17/h5-6,8,11-13,17,19-20H,3-4,7,9-10H2,1-2H3. The van der Waals surface area contributed by atoms with Crippen LogP contribution in [0, 0.1) is 17.8 Å². The van der Waals surface area contributed by atoms with Crippen LogP contribution in [0.25, 0.3) is 11.0 Å². The Hall–Kier alpha value is -1.28. The molecule has 3 atom stereocenters. The molecule has 2 saturated carbocycles. The molecule has 0 amide bonds. The van der Waals surface area contributed by atoms with Gasteiger partial charge in [-0.2, -0.15) is 0 Å². The third-order valence-corrected chi connectivity index (χ3v) is 5.62. The molecule has 112 valence electrons. The maximum Gasteiger partial charge on any atom is 0.134 e. The van der Waals surface area contributed by atoms with Gasteiger partial charge in [-0.25, -0.2) is 0 Å². The summed E-state index contributed by atoms with van der Waals surface area (Å²) in [5.74, 6) is 3.96. The summed E-state index contributed by atoms with van der Waals surface area (Å²) in [4.78, 5) is 0. The zero-order valence-corrected chi connectivity index (χ0v) is 13.1. The molecule has 2 aliphatic carbocycles. The first kappa shape index (κ1) is 13.4. The fourth-order valence-electron chi connectivity index (χ4n) is 4.74. The van der Waals surface area contributed by atoms with Gasteiger partial charge in [0.25, 0.3) is 0 Å². The van der Waals surface area contributed by atoms with Crippen molar-refractivity contribution < 1.29 is 4.42 Å². The number of hydrogen-bond acceptors (Lipinski definition) is 2. The van der Waals surface area contributed by atoms with Gasteiger partial charge in [0, 0.05) is 23.4 Å². The number of nitrogens with one attached hydrogen (secondary N) is 1. The number of benzene rings is 1. The van der Waals surface area contributed by atoms with Crippen LogP contribution in [0.3, 0.4) is 0 Å². The van der Waals surface area contributed by atoms with Crippen LogP contribution in [0.1, 0.15) is 50.5 Å². The lowest BCUT2D eigenvalue weighted by atomic mass is 9.93. The molecule has 2 aliphatic rings. The molecule has 0 aliphatic heterocycles. The number of furan rings is 1. The summed E-state index contributed by atoms with van der Waals surface area (Å²) < 4.78 is 6.14. The normalized spacial score (nSPS) is 28.8. The van der Waals surface area contributed by atoms with Crippen LogP contribution in [0.4, 0.5) is 0 Å². The van der Waals surface area contributed by atoms with Gasteiger partial charge in [0.2, 0.25) is 0 Å². The minimum absolute atomic E-state index is 0.490. The van der Waals surface area contributed by atoms with E-state index in [1.54, 1.807) is 0 Å². The van der Waals surface area contributed by atoms with Gasteiger partial charge < -0.3 is 9.73 Å². The van der Waals surface area contributed by atoms with E-state index in [4.69, 9.17) is 4.42 Å². The van der Waals surface area contributed by atoms with E-state index in [1.807, 2.05) is 0 Å². The van der Waals surface area contributed by atoms with E-state index < -0.39 is 0 Å². The summed E-state index contributed by atoms with van der Waals surface area (Å²) in [6.07, 6.45) is 5.30. The molecule has 21 heavy (non-hydrogen) atoms. The molecule has 4 rings (SSSR count). The van der Waals surface area contributed by atoms with Crippen LogP contribution in [-0.2, 0) is 6.42 Å². The lowest BCUT2D eigenvalue weighted by Gasteiger charge is -2.20. The lowest BCUT2D eigenvalue weighted by Crippen LogP contribution is -2.25. The summed E-state index contributed by atoms with van der Waals surface area (Å²) in [6, 6.07) is 9.04. The monoisotopic (exact) mass is 283 g/mol. The fraction of sp³-hybridized carbons (Fsp3) is 0.579. The van der Waals surface area contributed by atoms with Crippen LogP contribution < -0.4 is 5.32 Å². The van der Waals surface area contributed by atoms with Gasteiger partial charge in [0.15, 0.2) is 0 Å². The Balaban J connectivity index is 1.78. The van der Waals surface area contributed by atoms with Crippen molar-refractivity contribution in [3.05, 3.63) is 35.6 Å². The molecule has 0 spiro atoms. The second-order valence-corrected chi connectivity index (χ2v) is 6.66. The highest BCUT2D eigenvalue weighted by atomic mass is 16.3. The zero-order valence-electron chi connectivity index (χ0n) is 13.1. The predicted molar refractivity (Wildman–Crippen MR) is 86.3 cm³/mol. The van der Waals surface area contributed by atoms with E-state index in [1.165, 1.54) is 36.0 Å². The Morgan fingerprint density at radius 3 is 2.67 bits per heavy atom. The molecule has 1 aromatic carbocycles. The summed E-state index contributed by atoms with van der Waals surface area (Å²) in [7, 11) is 0. The van der Waals surface area contributed by atoms with E-state index in [-0.39, 0.29) is 0 Å². The SMILES string of the molecule is CCNC(c1c(CC)oc2ccccc12)C1C2CCCC21. The van der Waals surface area contributed by atoms with Crippen molar-refractivity contribution in [1.29, 1.82) is 0 Å². The maximum absolute atomic E-state index is 6.14. The molecule has 1 heterocycles. The van der Waals surface area contributed by atoms with E-state index in [9.17, 15) is 0 Å². The molecular formula is C19H25NO. The third-order valence-electron chi connectivity index (χ3n) is 5.62. The number of para-hydroxylation sites is 1. The molecule has 2 heteroatoms. The number of fused-ring (bicyclic) bond motifs is 2. The van der Waals surface area contributed by atoms with E-state index in [0.29, 0.717) is 6.04 Å². The second kappa shape index (κ2) is 5.17. The molecule has 2 nitrogen and oxygen atoms in total. The molecular weight excluding hydrogens is 258 g/mol. The molecule has 0 radical (unpaired) electrons. The smallest absolute Gasteiger partial charge is 0.134 e. The van der Waals surface area contributed by atoms with Gasteiger partial charge in [0.05, 0.1) is 0 Å². The maximum atomic E-state index is 6.14. The van der Waals surface area contributed by atoms with Gasteiger partial charge in [0.1, 0.15) is 11.3 Å². The summed E-state index contributed by atoms with van der Waals surface area (Å²) >= 11 is 0. The molecule has 2 fully saturated rings. The fourth-order valence-corrected chi connectivity index (χ4v) is 4.74. The molecule has 3 unspecified atom stereocenters. The van der Waals surface area contributed by atoms with Gasteiger partial charge >= 0.3 is 0 Å². The van der Waals surface area contributed by atoms with Crippen molar-refractivity contribution in [1.82, 2.24) is 5.32 Å². The third kappa shape index (κ3) is 2.03. The Morgan fingerprint density at radius 2 is 1.95 bits per heavy atom. The quantitative estimate of drug-likeness (QED) is 0.861. The first-order valence-electron chi connectivity index (χ1n) is 8.58. The van der Waals surface area contributed by atoms with Crippen LogP contribution in [0.2, 0.25) is 0 Å². The van der Waals surface area contributed by atoms with Crippen molar-refractivity contribution in [3.8, 4) is 0 Å². The molecule has 0 saturated heterocycles. The summed E-state index contributed by atoms with van der Waals surface area (Å²) in [5, 5.41) is 5.11. The average Bonchev–Trinajstić information content (AvgIpc) is 2.89. The minimum Gasteiger partial charge on any atom is -0.461 e. The van der Waals surface area contributed by atoms with E-state index >= 15 is 0 Å². The van der Waals surface area contributed by atoms with Crippen LogP contribution >= 0.6 is 0 Å². The average molecular weight is 283 g/mol. The molecule has 1 N–H and O–H groups in total. The number of aryl methyl sites for hydroxylation is 1. The highest BCUT2D eigenvalue weighted by Gasteiger charge is 2.56. The zero-order chi connectivity index (χ0) is 14.4. The predicted octanol–water partition coefficient (Wildman–Crippen LogP) is 4.69. The van der Waals surface area contributed by atoms with Crippen molar-refractivity contribution >= 4 is 11.0 Å². The number of hydrogen-bond donors (Lipinski definition) is 1. The van der Waals surface area contributed by atoms with Crippen LogP contribution in [-0.4, -0.2) is 6.54 Å². The van der Waals surface area contributed by atoms with Crippen molar-refractivity contribution in [2.45, 2.75) is 45.6 Å². The van der Waals surface area contributed by atoms with Gasteiger partial charge in [-0.1, -0.05) is 38.5 Å². The summed E-state index contributed by atoms with van der Waals surface area (Å²) in [6.45, 7) is 5.46.